The summed E-state index contributed by atoms with van der Waals surface area (Å²) in [6.45, 7) is 0.220. The van der Waals surface area contributed by atoms with Crippen molar-refractivity contribution in [3.05, 3.63) is 52.5 Å². The van der Waals surface area contributed by atoms with Crippen molar-refractivity contribution >= 4 is 23.2 Å². The van der Waals surface area contributed by atoms with Crippen molar-refractivity contribution in [1.29, 1.82) is 0 Å². The van der Waals surface area contributed by atoms with E-state index in [1.165, 1.54) is 0 Å². The molecular formula is C16H12ClNO3. The van der Waals surface area contributed by atoms with Crippen LogP contribution in [0.4, 0.5) is 5.69 Å². The first kappa shape index (κ1) is 12.5. The molecule has 0 spiro atoms. The highest BCUT2D eigenvalue weighted by Crippen LogP contribution is 2.44. The average molecular weight is 302 g/mol. The zero-order valence-corrected chi connectivity index (χ0v) is 11.8. The minimum Gasteiger partial charge on any atom is -0.454 e. The molecule has 1 atom stereocenters. The van der Waals surface area contributed by atoms with E-state index in [4.69, 9.17) is 21.1 Å². The van der Waals surface area contributed by atoms with Gasteiger partial charge in [-0.15, -0.1) is 0 Å². The standard InChI is InChI=1S/C16H12ClNO3/c17-10-3-1-9(2-4-10)11-6-16(19)18-13-7-15-14(5-12(11)13)20-8-21-15/h1-5,7,11H,6,8H2,(H,18,19)/t11-/m0/s1. The van der Waals surface area contributed by atoms with E-state index in [-0.39, 0.29) is 18.6 Å². The number of fused-ring (bicyclic) bond motifs is 2. The van der Waals surface area contributed by atoms with Crippen molar-refractivity contribution in [2.45, 2.75) is 12.3 Å². The Morgan fingerprint density at radius 1 is 1.10 bits per heavy atom. The zero-order chi connectivity index (χ0) is 14.4. The molecule has 0 saturated carbocycles. The lowest BCUT2D eigenvalue weighted by Crippen LogP contribution is -2.23. The number of rotatable bonds is 1. The summed E-state index contributed by atoms with van der Waals surface area (Å²) in [7, 11) is 0. The maximum atomic E-state index is 12.0. The molecule has 2 aromatic rings. The maximum absolute atomic E-state index is 12.0. The monoisotopic (exact) mass is 301 g/mol. The van der Waals surface area contributed by atoms with E-state index in [1.807, 2.05) is 36.4 Å². The van der Waals surface area contributed by atoms with Crippen LogP contribution < -0.4 is 14.8 Å². The smallest absolute Gasteiger partial charge is 0.231 e. The minimum atomic E-state index is 0.000478. The fourth-order valence-electron chi connectivity index (χ4n) is 2.84. The number of hydrogen-bond donors (Lipinski definition) is 1. The summed E-state index contributed by atoms with van der Waals surface area (Å²) in [5.74, 6) is 1.40. The summed E-state index contributed by atoms with van der Waals surface area (Å²) < 4.78 is 10.8. The Morgan fingerprint density at radius 2 is 1.81 bits per heavy atom. The van der Waals surface area contributed by atoms with Crippen molar-refractivity contribution < 1.29 is 14.3 Å². The molecule has 1 N–H and O–H groups in total. The Kier molecular flexibility index (Phi) is 2.79. The van der Waals surface area contributed by atoms with Crippen LogP contribution in [-0.4, -0.2) is 12.7 Å². The molecule has 2 aliphatic rings. The van der Waals surface area contributed by atoms with E-state index in [9.17, 15) is 4.79 Å². The summed E-state index contributed by atoms with van der Waals surface area (Å²) in [4.78, 5) is 12.0. The van der Waals surface area contributed by atoms with Crippen molar-refractivity contribution in [3.8, 4) is 11.5 Å². The first-order valence-electron chi connectivity index (χ1n) is 6.69. The molecule has 1 amide bonds. The second-order valence-electron chi connectivity index (χ2n) is 5.15. The number of carbonyl (C=O) groups excluding carboxylic acids is 1. The van der Waals surface area contributed by atoms with Gasteiger partial charge in [-0.1, -0.05) is 23.7 Å². The van der Waals surface area contributed by atoms with Gasteiger partial charge in [0.25, 0.3) is 0 Å². The van der Waals surface area contributed by atoms with Crippen LogP contribution in [-0.2, 0) is 4.79 Å². The Bertz CT molecular complexity index is 727. The highest BCUT2D eigenvalue weighted by Gasteiger charge is 2.29. The molecule has 2 heterocycles. The fourth-order valence-corrected chi connectivity index (χ4v) is 2.97. The molecule has 4 rings (SSSR count). The van der Waals surface area contributed by atoms with E-state index in [0.717, 1.165) is 22.6 Å². The van der Waals surface area contributed by atoms with Crippen LogP contribution in [0.5, 0.6) is 11.5 Å². The van der Waals surface area contributed by atoms with E-state index in [2.05, 4.69) is 5.32 Å². The van der Waals surface area contributed by atoms with Crippen molar-refractivity contribution in [3.63, 3.8) is 0 Å². The number of halogens is 1. The number of carbonyl (C=O) groups is 1. The molecule has 0 bridgehead atoms. The maximum Gasteiger partial charge on any atom is 0.231 e. The zero-order valence-electron chi connectivity index (χ0n) is 11.1. The largest absolute Gasteiger partial charge is 0.454 e. The predicted molar refractivity (Wildman–Crippen MR) is 79.1 cm³/mol. The van der Waals surface area contributed by atoms with Gasteiger partial charge in [0.1, 0.15) is 0 Å². The molecule has 5 heteroatoms. The van der Waals surface area contributed by atoms with Gasteiger partial charge in [-0.2, -0.15) is 0 Å². The summed E-state index contributed by atoms with van der Waals surface area (Å²) >= 11 is 5.94. The predicted octanol–water partition coefficient (Wildman–Crippen LogP) is 3.54. The average Bonchev–Trinajstić information content (AvgIpc) is 2.92. The SMILES string of the molecule is O=C1C[C@@H](c2ccc(Cl)cc2)c2cc3c(cc2N1)OCO3. The van der Waals surface area contributed by atoms with E-state index >= 15 is 0 Å². The van der Waals surface area contributed by atoms with Gasteiger partial charge in [-0.05, 0) is 29.3 Å². The Hall–Kier alpha value is -2.20. The summed E-state index contributed by atoms with van der Waals surface area (Å²) in [5.41, 5.74) is 2.89. The Morgan fingerprint density at radius 3 is 2.57 bits per heavy atom. The van der Waals surface area contributed by atoms with Crippen LogP contribution in [0, 0.1) is 0 Å². The number of hydrogen-bond acceptors (Lipinski definition) is 3. The van der Waals surface area contributed by atoms with Crippen molar-refractivity contribution in [1.82, 2.24) is 0 Å². The number of amides is 1. The first-order valence-corrected chi connectivity index (χ1v) is 7.07. The molecule has 21 heavy (non-hydrogen) atoms. The van der Waals surface area contributed by atoms with Gasteiger partial charge >= 0.3 is 0 Å². The highest BCUT2D eigenvalue weighted by molar-refractivity contribution is 6.30. The molecule has 0 aliphatic carbocycles. The van der Waals surface area contributed by atoms with Crippen LogP contribution >= 0.6 is 11.6 Å². The molecule has 4 nitrogen and oxygen atoms in total. The van der Waals surface area contributed by atoms with Crippen LogP contribution in [0.1, 0.15) is 23.5 Å². The van der Waals surface area contributed by atoms with E-state index < -0.39 is 0 Å². The van der Waals surface area contributed by atoms with Gasteiger partial charge in [-0.3, -0.25) is 4.79 Å². The Balaban J connectivity index is 1.83. The van der Waals surface area contributed by atoms with Gasteiger partial charge in [0.05, 0.1) is 0 Å². The molecule has 0 unspecified atom stereocenters. The van der Waals surface area contributed by atoms with Crippen LogP contribution in [0.2, 0.25) is 5.02 Å². The summed E-state index contributed by atoms with van der Waals surface area (Å²) in [6, 6.07) is 11.4. The fraction of sp³-hybridized carbons (Fsp3) is 0.188. The third-order valence-corrected chi connectivity index (χ3v) is 4.11. The lowest BCUT2D eigenvalue weighted by atomic mass is 9.84. The molecule has 0 fully saturated rings. The van der Waals surface area contributed by atoms with Crippen LogP contribution in [0.25, 0.3) is 0 Å². The van der Waals surface area contributed by atoms with Crippen LogP contribution in [0.3, 0.4) is 0 Å². The van der Waals surface area contributed by atoms with E-state index in [1.54, 1.807) is 0 Å². The first-order chi connectivity index (χ1) is 10.2. The second kappa shape index (κ2) is 4.67. The molecule has 0 aromatic heterocycles. The van der Waals surface area contributed by atoms with Gasteiger partial charge in [0.2, 0.25) is 12.7 Å². The molecule has 2 aliphatic heterocycles. The van der Waals surface area contributed by atoms with Gasteiger partial charge in [0.15, 0.2) is 11.5 Å². The topological polar surface area (TPSA) is 47.6 Å². The number of anilines is 1. The summed E-state index contributed by atoms with van der Waals surface area (Å²) in [6.07, 6.45) is 0.411. The molecule has 106 valence electrons. The van der Waals surface area contributed by atoms with Gasteiger partial charge < -0.3 is 14.8 Å². The molecule has 0 radical (unpaired) electrons. The lowest BCUT2D eigenvalue weighted by Gasteiger charge is -2.26. The Labute approximate surface area is 126 Å². The summed E-state index contributed by atoms with van der Waals surface area (Å²) in [5, 5.41) is 3.59. The third-order valence-electron chi connectivity index (χ3n) is 3.86. The van der Waals surface area contributed by atoms with Crippen molar-refractivity contribution in [2.75, 3.05) is 12.1 Å². The molecule has 2 aromatic carbocycles. The minimum absolute atomic E-state index is 0.000478. The van der Waals surface area contributed by atoms with Crippen LogP contribution in [0.15, 0.2) is 36.4 Å². The van der Waals surface area contributed by atoms with Gasteiger partial charge in [0, 0.05) is 29.1 Å². The molecule has 0 saturated heterocycles. The van der Waals surface area contributed by atoms with E-state index in [0.29, 0.717) is 17.2 Å². The number of ether oxygens (including phenoxy) is 2. The van der Waals surface area contributed by atoms with Gasteiger partial charge in [-0.25, -0.2) is 0 Å². The normalized spacial score (nSPS) is 19.1. The molecular weight excluding hydrogens is 290 g/mol. The highest BCUT2D eigenvalue weighted by atomic mass is 35.5. The quantitative estimate of drug-likeness (QED) is 0.876. The third kappa shape index (κ3) is 2.12. The second-order valence-corrected chi connectivity index (χ2v) is 5.59. The van der Waals surface area contributed by atoms with Crippen molar-refractivity contribution in [2.24, 2.45) is 0 Å². The number of benzene rings is 2. The number of nitrogens with one attached hydrogen (secondary N) is 1. The lowest BCUT2D eigenvalue weighted by molar-refractivity contribution is -0.116.